The minimum atomic E-state index is -5.19. The Morgan fingerprint density at radius 1 is 0.974 bits per heavy atom. The van der Waals surface area contributed by atoms with Gasteiger partial charge in [0, 0.05) is 18.6 Å². The molecule has 0 aromatic heterocycles. The van der Waals surface area contributed by atoms with Crippen LogP contribution in [0.1, 0.15) is 39.5 Å². The predicted octanol–water partition coefficient (Wildman–Crippen LogP) is 3.63. The fourth-order valence-corrected chi connectivity index (χ4v) is 3.91. The Bertz CT molecular complexity index is 917. The average Bonchev–Trinajstić information content (AvgIpc) is 2.79. The van der Waals surface area contributed by atoms with Crippen molar-refractivity contribution >= 4 is 25.4 Å². The predicted molar refractivity (Wildman–Crippen MR) is 127 cm³/mol. The molecular formula is C22H34F3N2O10P. The normalized spacial score (nSPS) is 11.9. The van der Waals surface area contributed by atoms with Gasteiger partial charge in [0.25, 0.3) is 5.69 Å². The number of unbranched alkanes of at least 4 members (excludes halogenated alkanes) is 2. The average molecular weight is 574 g/mol. The van der Waals surface area contributed by atoms with E-state index in [0.29, 0.717) is 23.2 Å². The Labute approximate surface area is 219 Å². The molecule has 1 aromatic carbocycles. The number of hydrogen-bond donors (Lipinski definition) is 0. The number of nitrogens with zero attached hydrogens (tertiary/aromatic N) is 2. The van der Waals surface area contributed by atoms with Crippen LogP contribution in [0.2, 0.25) is 0 Å². The van der Waals surface area contributed by atoms with Gasteiger partial charge in [0.1, 0.15) is 24.9 Å². The van der Waals surface area contributed by atoms with Gasteiger partial charge in [0.15, 0.2) is 0 Å². The van der Waals surface area contributed by atoms with Crippen LogP contribution in [0.5, 0.6) is 5.75 Å². The summed E-state index contributed by atoms with van der Waals surface area (Å²) in [6.07, 6.45) is -2.47. The van der Waals surface area contributed by atoms with Crippen molar-refractivity contribution in [3.05, 3.63) is 34.4 Å². The third kappa shape index (κ3) is 16.3. The van der Waals surface area contributed by atoms with E-state index in [1.54, 1.807) is 13.8 Å². The zero-order valence-corrected chi connectivity index (χ0v) is 22.6. The molecular weight excluding hydrogens is 540 g/mol. The summed E-state index contributed by atoms with van der Waals surface area (Å²) in [6, 6.07) is 5.42. The number of esters is 1. The van der Waals surface area contributed by atoms with Crippen LogP contribution in [0.4, 0.5) is 18.9 Å². The van der Waals surface area contributed by atoms with Crippen LogP contribution < -0.4 is 9.84 Å². The van der Waals surface area contributed by atoms with Crippen LogP contribution in [-0.4, -0.2) is 74.5 Å². The van der Waals surface area contributed by atoms with Gasteiger partial charge in [0.05, 0.1) is 38.8 Å². The van der Waals surface area contributed by atoms with Gasteiger partial charge in [-0.15, -0.1) is 0 Å². The van der Waals surface area contributed by atoms with E-state index in [1.807, 2.05) is 0 Å². The molecule has 0 saturated heterocycles. The smallest absolute Gasteiger partial charge is 0.474 e. The first-order valence-electron chi connectivity index (χ1n) is 11.6. The largest absolute Gasteiger partial charge is 0.542 e. The molecule has 0 aliphatic rings. The number of phosphoric ester groups is 1. The maximum Gasteiger partial charge on any atom is 0.474 e. The number of rotatable bonds is 16. The van der Waals surface area contributed by atoms with Gasteiger partial charge in [0.2, 0.25) is 0 Å². The minimum absolute atomic E-state index is 0.0514. The highest BCUT2D eigenvalue weighted by Gasteiger charge is 2.29. The van der Waals surface area contributed by atoms with Crippen molar-refractivity contribution in [2.24, 2.45) is 0 Å². The van der Waals surface area contributed by atoms with Crippen LogP contribution >= 0.6 is 7.82 Å². The number of nitro benzene ring substituents is 1. The number of phosphoric acid groups is 1. The lowest BCUT2D eigenvalue weighted by Crippen LogP contribution is -2.43. The number of ether oxygens (including phenoxy) is 1. The standard InChI is InChI=1S/C20H34N2O8P.C2HF3O2/c1-5-27-31(26,28-6-2)29-17-16-22(3,4)15-9-7-8-10-20(23)30-19-13-11-18(12-14-19)21(24)25;3-2(4,5)1(6)7/h11-14H,5-10,15-17H2,1-4H3;(H,6,7)/q+1;/p-1. The highest BCUT2D eigenvalue weighted by Crippen LogP contribution is 2.49. The first kappa shape index (κ1) is 35.4. The zero-order valence-electron chi connectivity index (χ0n) is 21.7. The molecule has 0 N–H and O–H groups in total. The molecule has 0 amide bonds. The van der Waals surface area contributed by atoms with Gasteiger partial charge >= 0.3 is 20.0 Å². The van der Waals surface area contributed by atoms with E-state index in [2.05, 4.69) is 14.1 Å². The van der Waals surface area contributed by atoms with Gasteiger partial charge in [-0.05, 0) is 45.2 Å². The highest BCUT2D eigenvalue weighted by molar-refractivity contribution is 7.48. The van der Waals surface area contributed by atoms with E-state index in [1.165, 1.54) is 24.3 Å². The van der Waals surface area contributed by atoms with E-state index in [9.17, 15) is 32.6 Å². The molecule has 0 atom stereocenters. The van der Waals surface area contributed by atoms with Crippen molar-refractivity contribution in [3.8, 4) is 5.75 Å². The molecule has 0 unspecified atom stereocenters. The van der Waals surface area contributed by atoms with E-state index in [-0.39, 0.29) is 37.9 Å². The van der Waals surface area contributed by atoms with Gasteiger partial charge in [-0.25, -0.2) is 4.57 Å². The number of halogens is 3. The lowest BCUT2D eigenvalue weighted by molar-refractivity contribution is -0.890. The number of quaternary nitrogens is 1. The molecule has 218 valence electrons. The van der Waals surface area contributed by atoms with Crippen molar-refractivity contribution in [1.29, 1.82) is 0 Å². The van der Waals surface area contributed by atoms with Crippen LogP contribution in [0.3, 0.4) is 0 Å². The number of nitro groups is 1. The second-order valence-electron chi connectivity index (χ2n) is 8.32. The Morgan fingerprint density at radius 3 is 1.95 bits per heavy atom. The Hall–Kier alpha value is -2.58. The summed E-state index contributed by atoms with van der Waals surface area (Å²) in [6.45, 7) is 5.74. The van der Waals surface area contributed by atoms with Crippen LogP contribution in [0.15, 0.2) is 24.3 Å². The highest BCUT2D eigenvalue weighted by atomic mass is 31.2. The molecule has 0 aliphatic heterocycles. The molecule has 38 heavy (non-hydrogen) atoms. The lowest BCUT2D eigenvalue weighted by atomic mass is 10.2. The summed E-state index contributed by atoms with van der Waals surface area (Å²) in [5.41, 5.74) is -0.0514. The first-order valence-corrected chi connectivity index (χ1v) is 13.1. The summed E-state index contributed by atoms with van der Waals surface area (Å²) < 4.78 is 65.3. The molecule has 0 fully saturated rings. The number of hydrogen-bond acceptors (Lipinski definition) is 10. The number of alkyl halides is 3. The number of carbonyl (C=O) groups is 2. The minimum Gasteiger partial charge on any atom is -0.542 e. The van der Waals surface area contributed by atoms with Gasteiger partial charge in [-0.2, -0.15) is 13.2 Å². The number of non-ortho nitro benzene ring substituents is 1. The maximum absolute atomic E-state index is 12.3. The summed E-state index contributed by atoms with van der Waals surface area (Å²) in [5.74, 6) is -3.07. The van der Waals surface area contributed by atoms with Crippen LogP contribution in [-0.2, 0) is 27.7 Å². The number of carboxylic acids is 1. The van der Waals surface area contributed by atoms with Gasteiger partial charge < -0.3 is 19.1 Å². The Kier molecular flexibility index (Phi) is 15.9. The molecule has 0 bridgehead atoms. The summed E-state index contributed by atoms with van der Waals surface area (Å²) in [7, 11) is 0.624. The van der Waals surface area contributed by atoms with Crippen molar-refractivity contribution in [3.63, 3.8) is 0 Å². The van der Waals surface area contributed by atoms with Gasteiger partial charge in [-0.3, -0.25) is 28.5 Å². The molecule has 16 heteroatoms. The fourth-order valence-electron chi connectivity index (χ4n) is 2.74. The Morgan fingerprint density at radius 2 is 1.50 bits per heavy atom. The lowest BCUT2D eigenvalue weighted by Gasteiger charge is -2.30. The second kappa shape index (κ2) is 17.1. The molecule has 0 radical (unpaired) electrons. The van der Waals surface area contributed by atoms with Crippen molar-refractivity contribution in [2.45, 2.75) is 45.7 Å². The number of aliphatic carboxylic acids is 1. The number of carboxylic acid groups (broad SMARTS) is 1. The molecule has 0 spiro atoms. The Balaban J connectivity index is 0.00000171. The van der Waals surface area contributed by atoms with Crippen LogP contribution in [0, 0.1) is 10.1 Å². The monoisotopic (exact) mass is 574 g/mol. The zero-order chi connectivity index (χ0) is 29.4. The summed E-state index contributed by atoms with van der Waals surface area (Å²) >= 11 is 0. The first-order chi connectivity index (χ1) is 17.5. The van der Waals surface area contributed by atoms with E-state index >= 15 is 0 Å². The topological polar surface area (TPSA) is 154 Å². The molecule has 1 aromatic rings. The molecule has 0 saturated carbocycles. The second-order valence-corrected chi connectivity index (χ2v) is 9.99. The summed E-state index contributed by atoms with van der Waals surface area (Å²) in [5, 5.41) is 19.4. The molecule has 0 heterocycles. The van der Waals surface area contributed by atoms with E-state index in [0.717, 1.165) is 19.4 Å². The van der Waals surface area contributed by atoms with Crippen molar-refractivity contribution < 1.29 is 60.1 Å². The van der Waals surface area contributed by atoms with E-state index < -0.39 is 24.9 Å². The van der Waals surface area contributed by atoms with Crippen LogP contribution in [0.25, 0.3) is 0 Å². The van der Waals surface area contributed by atoms with Gasteiger partial charge in [-0.1, -0.05) is 0 Å². The van der Waals surface area contributed by atoms with Crippen molar-refractivity contribution in [2.75, 3.05) is 47.0 Å². The quantitative estimate of drug-likeness (QED) is 0.0544. The van der Waals surface area contributed by atoms with E-state index in [4.69, 9.17) is 28.2 Å². The number of carbonyl (C=O) groups excluding carboxylic acids is 2. The van der Waals surface area contributed by atoms with Crippen molar-refractivity contribution in [1.82, 2.24) is 0 Å². The third-order valence-electron chi connectivity index (χ3n) is 4.68. The SMILES string of the molecule is CCOP(=O)(OCC)OCC[N+](C)(C)CCCCCC(=O)Oc1ccc([N+](=O)[O-])cc1.O=C([O-])C(F)(F)F. The number of likely N-dealkylation sites (N-methyl/N-ethyl adjacent to an activating group) is 1. The number of benzene rings is 1. The molecule has 0 aliphatic carbocycles. The maximum atomic E-state index is 12.3. The molecule has 12 nitrogen and oxygen atoms in total. The fraction of sp³-hybridized carbons (Fsp3) is 0.636. The summed E-state index contributed by atoms with van der Waals surface area (Å²) in [4.78, 5) is 30.8. The third-order valence-corrected chi connectivity index (χ3v) is 6.32. The molecule has 1 rings (SSSR count).